The fourth-order valence-electron chi connectivity index (χ4n) is 3.64. The van der Waals surface area contributed by atoms with E-state index in [1.54, 1.807) is 12.1 Å². The van der Waals surface area contributed by atoms with Crippen LogP contribution in [0.1, 0.15) is 24.8 Å². The van der Waals surface area contributed by atoms with Gasteiger partial charge in [-0.1, -0.05) is 30.3 Å². The molecular weight excluding hydrogens is 379 g/mol. The molecule has 0 aliphatic heterocycles. The van der Waals surface area contributed by atoms with Gasteiger partial charge < -0.3 is 10.3 Å². The zero-order valence-corrected chi connectivity index (χ0v) is 15.7. The van der Waals surface area contributed by atoms with E-state index in [0.29, 0.717) is 29.7 Å². The first-order chi connectivity index (χ1) is 13.5. The molecular formula is C20H18FN4O2S-. The molecule has 1 fully saturated rings. The summed E-state index contributed by atoms with van der Waals surface area (Å²) in [5, 5.41) is 0. The average molecular weight is 397 g/mol. The van der Waals surface area contributed by atoms with E-state index in [2.05, 4.69) is 14.7 Å². The lowest BCUT2D eigenvalue weighted by molar-refractivity contribution is 0.223. The van der Waals surface area contributed by atoms with Crippen LogP contribution in [-0.2, 0) is 16.8 Å². The van der Waals surface area contributed by atoms with Crippen LogP contribution < -0.4 is 10.5 Å². The Morgan fingerprint density at radius 1 is 1.11 bits per heavy atom. The van der Waals surface area contributed by atoms with Gasteiger partial charge in [0.2, 0.25) is 0 Å². The van der Waals surface area contributed by atoms with Gasteiger partial charge in [0.15, 0.2) is 0 Å². The summed E-state index contributed by atoms with van der Waals surface area (Å²) in [6, 6.07) is 12.4. The molecule has 1 unspecified atom stereocenters. The number of hydrogen-bond donors (Lipinski definition) is 2. The third-order valence-corrected chi connectivity index (χ3v) is 5.71. The summed E-state index contributed by atoms with van der Waals surface area (Å²) in [6.45, 7) is 0. The van der Waals surface area contributed by atoms with Crippen LogP contribution in [-0.4, -0.2) is 18.7 Å². The van der Waals surface area contributed by atoms with Crippen molar-refractivity contribution in [3.05, 3.63) is 66.2 Å². The second-order valence-electron chi connectivity index (χ2n) is 6.84. The van der Waals surface area contributed by atoms with E-state index in [-0.39, 0.29) is 5.82 Å². The minimum atomic E-state index is -2.38. The van der Waals surface area contributed by atoms with Crippen molar-refractivity contribution >= 4 is 17.1 Å². The number of nitrogens with two attached hydrogens (primary N) is 1. The van der Waals surface area contributed by atoms with Gasteiger partial charge in [-0.15, -0.1) is 0 Å². The molecule has 1 heterocycles. The minimum absolute atomic E-state index is 0.267. The fraction of sp³-hybridized carbons (Fsp3) is 0.200. The topological polar surface area (TPSA) is 104 Å². The maximum absolute atomic E-state index is 14.8. The van der Waals surface area contributed by atoms with Gasteiger partial charge >= 0.3 is 0 Å². The Kier molecular flexibility index (Phi) is 4.92. The maximum Gasteiger partial charge on any atom is 0.141 e. The minimum Gasteiger partial charge on any atom is -0.760 e. The van der Waals surface area contributed by atoms with Crippen molar-refractivity contribution in [2.75, 3.05) is 5.73 Å². The number of halogens is 1. The van der Waals surface area contributed by atoms with Crippen LogP contribution in [0.2, 0.25) is 0 Å². The number of aromatic nitrogens is 2. The Balaban J connectivity index is 1.75. The molecule has 1 aliphatic carbocycles. The number of nitrogens with zero attached hydrogens (tertiary/aromatic N) is 2. The predicted octanol–water partition coefficient (Wildman–Crippen LogP) is 3.29. The number of nitrogen functional groups attached to an aromatic ring is 1. The monoisotopic (exact) mass is 397 g/mol. The highest BCUT2D eigenvalue weighted by Gasteiger charge is 2.40. The molecule has 0 bridgehead atoms. The van der Waals surface area contributed by atoms with Gasteiger partial charge in [-0.05, 0) is 48.1 Å². The molecule has 1 aromatic heterocycles. The molecule has 0 saturated heterocycles. The Morgan fingerprint density at radius 2 is 1.89 bits per heavy atom. The fourth-order valence-corrected chi connectivity index (χ4v) is 4.27. The highest BCUT2D eigenvalue weighted by molar-refractivity contribution is 7.77. The van der Waals surface area contributed by atoms with Crippen LogP contribution in [0.3, 0.4) is 0 Å². The van der Waals surface area contributed by atoms with Crippen molar-refractivity contribution in [3.63, 3.8) is 0 Å². The first-order valence-corrected chi connectivity index (χ1v) is 9.90. The second kappa shape index (κ2) is 7.38. The predicted molar refractivity (Wildman–Crippen MR) is 105 cm³/mol. The molecule has 1 aliphatic rings. The van der Waals surface area contributed by atoms with Gasteiger partial charge in [0.1, 0.15) is 11.6 Å². The van der Waals surface area contributed by atoms with Crippen LogP contribution in [0.5, 0.6) is 0 Å². The molecule has 3 aromatic rings. The molecule has 2 aromatic carbocycles. The average Bonchev–Trinajstić information content (AvgIpc) is 2.65. The van der Waals surface area contributed by atoms with E-state index in [0.717, 1.165) is 17.5 Å². The Hall–Kier alpha value is -2.68. The summed E-state index contributed by atoms with van der Waals surface area (Å²) in [4.78, 5) is 8.07. The zero-order valence-electron chi connectivity index (χ0n) is 14.9. The number of rotatable bonds is 5. The van der Waals surface area contributed by atoms with Gasteiger partial charge in [-0.2, -0.15) is 0 Å². The van der Waals surface area contributed by atoms with Crippen molar-refractivity contribution < 1.29 is 13.2 Å². The second-order valence-corrected chi connectivity index (χ2v) is 7.51. The van der Waals surface area contributed by atoms with Crippen LogP contribution in [0.25, 0.3) is 22.4 Å². The quantitative estimate of drug-likeness (QED) is 0.643. The SMILES string of the molecule is Nc1cnc(-c2ccc(-c3ccccc3C3(NS(=O)[O-])CCC3)cc2F)cn1. The molecule has 144 valence electrons. The van der Waals surface area contributed by atoms with E-state index >= 15 is 0 Å². The molecule has 1 atom stereocenters. The highest BCUT2D eigenvalue weighted by atomic mass is 32.2. The van der Waals surface area contributed by atoms with Crippen molar-refractivity contribution in [1.29, 1.82) is 0 Å². The van der Waals surface area contributed by atoms with E-state index in [9.17, 15) is 13.2 Å². The largest absolute Gasteiger partial charge is 0.760 e. The smallest absolute Gasteiger partial charge is 0.141 e. The summed E-state index contributed by atoms with van der Waals surface area (Å²) in [6.07, 6.45) is 5.16. The molecule has 8 heteroatoms. The van der Waals surface area contributed by atoms with Gasteiger partial charge in [-0.3, -0.25) is 9.19 Å². The normalized spacial score (nSPS) is 16.4. The summed E-state index contributed by atoms with van der Waals surface area (Å²) >= 11 is -2.38. The van der Waals surface area contributed by atoms with Crippen molar-refractivity contribution in [2.45, 2.75) is 24.8 Å². The van der Waals surface area contributed by atoms with E-state index < -0.39 is 22.6 Å². The van der Waals surface area contributed by atoms with Gasteiger partial charge in [0.25, 0.3) is 0 Å². The highest BCUT2D eigenvalue weighted by Crippen LogP contribution is 2.45. The van der Waals surface area contributed by atoms with Crippen LogP contribution in [0, 0.1) is 5.82 Å². The first kappa shape index (κ1) is 18.7. The first-order valence-electron chi connectivity index (χ1n) is 8.83. The number of anilines is 1. The van der Waals surface area contributed by atoms with Crippen LogP contribution in [0.15, 0.2) is 54.9 Å². The van der Waals surface area contributed by atoms with Gasteiger partial charge in [-0.25, -0.2) is 14.1 Å². The Morgan fingerprint density at radius 3 is 2.50 bits per heavy atom. The lowest BCUT2D eigenvalue weighted by atomic mass is 9.70. The van der Waals surface area contributed by atoms with Crippen molar-refractivity contribution in [3.8, 4) is 22.4 Å². The maximum atomic E-state index is 14.8. The molecule has 28 heavy (non-hydrogen) atoms. The third kappa shape index (κ3) is 3.42. The Labute approximate surface area is 164 Å². The van der Waals surface area contributed by atoms with Crippen molar-refractivity contribution in [1.82, 2.24) is 14.7 Å². The molecule has 6 nitrogen and oxygen atoms in total. The van der Waals surface area contributed by atoms with E-state index in [1.807, 2.05) is 24.3 Å². The summed E-state index contributed by atoms with van der Waals surface area (Å²) in [5.74, 6) is -0.168. The Bertz CT molecular complexity index is 1040. The number of nitrogens with one attached hydrogen (secondary N) is 1. The molecule has 4 rings (SSSR count). The molecule has 0 amide bonds. The van der Waals surface area contributed by atoms with E-state index in [4.69, 9.17) is 5.73 Å². The molecule has 0 spiro atoms. The third-order valence-electron chi connectivity index (χ3n) is 5.16. The number of benzene rings is 2. The lowest BCUT2D eigenvalue weighted by Gasteiger charge is -2.44. The summed E-state index contributed by atoms with van der Waals surface area (Å²) in [7, 11) is 0. The molecule has 3 N–H and O–H groups in total. The number of hydrogen-bond acceptors (Lipinski definition) is 5. The van der Waals surface area contributed by atoms with Crippen molar-refractivity contribution in [2.24, 2.45) is 0 Å². The molecule has 1 saturated carbocycles. The standard InChI is InChI=1S/C20H19FN4O2S/c21-17-10-13(6-7-15(17)18-11-24-19(22)12-23-18)14-4-1-2-5-16(14)20(8-3-9-20)25-28(26)27/h1-2,4-7,10-12,25H,3,8-9H2,(H2,22,24)(H,26,27)/p-1. The van der Waals surface area contributed by atoms with Crippen LogP contribution >= 0.6 is 0 Å². The van der Waals surface area contributed by atoms with Gasteiger partial charge in [0, 0.05) is 16.8 Å². The summed E-state index contributed by atoms with van der Waals surface area (Å²) < 4.78 is 40.1. The van der Waals surface area contributed by atoms with Crippen LogP contribution in [0.4, 0.5) is 10.2 Å². The lowest BCUT2D eigenvalue weighted by Crippen LogP contribution is -2.49. The van der Waals surface area contributed by atoms with E-state index in [1.165, 1.54) is 18.5 Å². The van der Waals surface area contributed by atoms with Gasteiger partial charge in [0.05, 0.1) is 23.6 Å². The zero-order chi connectivity index (χ0) is 19.7. The molecule has 0 radical (unpaired) electrons. The summed E-state index contributed by atoms with van der Waals surface area (Å²) in [5.41, 5.74) is 7.94.